The minimum atomic E-state index is -0.546. The number of carbonyl (C=O) groups is 1. The van der Waals surface area contributed by atoms with Crippen molar-refractivity contribution in [2.24, 2.45) is 0 Å². The monoisotopic (exact) mass is 502 g/mol. The SMILES string of the molecule is CCCN(C(=O)Nc1ccccc1F)C(CC)c1nc2ccccc2c(=O)n1-c1ccc(OCC)cc1. The van der Waals surface area contributed by atoms with Gasteiger partial charge in [0.15, 0.2) is 0 Å². The second kappa shape index (κ2) is 11.7. The van der Waals surface area contributed by atoms with Crippen LogP contribution in [0.2, 0.25) is 0 Å². The van der Waals surface area contributed by atoms with Crippen LogP contribution in [0.4, 0.5) is 14.9 Å². The number of hydrogen-bond acceptors (Lipinski definition) is 4. The average Bonchev–Trinajstić information content (AvgIpc) is 2.91. The molecule has 37 heavy (non-hydrogen) atoms. The number of ether oxygens (including phenoxy) is 1. The fraction of sp³-hybridized carbons (Fsp3) is 0.276. The van der Waals surface area contributed by atoms with Gasteiger partial charge in [-0.05, 0) is 68.3 Å². The highest BCUT2D eigenvalue weighted by Gasteiger charge is 2.29. The molecule has 4 aromatic rings. The highest BCUT2D eigenvalue weighted by Crippen LogP contribution is 2.28. The smallest absolute Gasteiger partial charge is 0.322 e. The van der Waals surface area contributed by atoms with Gasteiger partial charge in [-0.1, -0.05) is 38.1 Å². The maximum Gasteiger partial charge on any atom is 0.322 e. The summed E-state index contributed by atoms with van der Waals surface area (Å²) in [5, 5.41) is 3.17. The van der Waals surface area contributed by atoms with E-state index in [1.165, 1.54) is 12.1 Å². The number of para-hydroxylation sites is 2. The molecule has 3 aromatic carbocycles. The number of carbonyl (C=O) groups excluding carboxylic acids is 1. The summed E-state index contributed by atoms with van der Waals surface area (Å²) in [5.74, 6) is 0.612. The quantitative estimate of drug-likeness (QED) is 0.291. The van der Waals surface area contributed by atoms with Crippen LogP contribution in [0.1, 0.15) is 45.5 Å². The Bertz CT molecular complexity index is 1440. The third-order valence-corrected chi connectivity index (χ3v) is 6.11. The number of nitrogens with zero attached hydrogens (tertiary/aromatic N) is 3. The zero-order chi connectivity index (χ0) is 26.4. The van der Waals surface area contributed by atoms with Gasteiger partial charge in [0.25, 0.3) is 5.56 Å². The molecule has 0 aliphatic rings. The van der Waals surface area contributed by atoms with E-state index in [0.29, 0.717) is 54.2 Å². The molecular formula is C29H31FN4O3. The normalized spacial score (nSPS) is 11.8. The van der Waals surface area contributed by atoms with Crippen molar-refractivity contribution in [3.63, 3.8) is 0 Å². The van der Waals surface area contributed by atoms with Crippen molar-refractivity contribution < 1.29 is 13.9 Å². The Labute approximate surface area is 215 Å². The summed E-state index contributed by atoms with van der Waals surface area (Å²) < 4.78 is 21.4. The van der Waals surface area contributed by atoms with Gasteiger partial charge in [-0.2, -0.15) is 0 Å². The Morgan fingerprint density at radius 3 is 2.41 bits per heavy atom. The van der Waals surface area contributed by atoms with E-state index in [2.05, 4.69) is 5.32 Å². The first-order valence-corrected chi connectivity index (χ1v) is 12.6. The summed E-state index contributed by atoms with van der Waals surface area (Å²) in [6.07, 6.45) is 1.16. The van der Waals surface area contributed by atoms with Crippen molar-refractivity contribution in [1.29, 1.82) is 0 Å². The van der Waals surface area contributed by atoms with Crippen molar-refractivity contribution in [1.82, 2.24) is 14.5 Å². The lowest BCUT2D eigenvalue weighted by Gasteiger charge is -2.32. The predicted molar refractivity (Wildman–Crippen MR) is 144 cm³/mol. The minimum Gasteiger partial charge on any atom is -0.494 e. The van der Waals surface area contributed by atoms with Crippen molar-refractivity contribution in [3.05, 3.63) is 94.8 Å². The summed E-state index contributed by atoms with van der Waals surface area (Å²) in [5.41, 5.74) is 1.04. The number of aromatic nitrogens is 2. The Kier molecular flexibility index (Phi) is 8.18. The van der Waals surface area contributed by atoms with Crippen molar-refractivity contribution >= 4 is 22.6 Å². The molecule has 2 amide bonds. The number of nitrogens with one attached hydrogen (secondary N) is 1. The summed E-state index contributed by atoms with van der Waals surface area (Å²) >= 11 is 0. The van der Waals surface area contributed by atoms with E-state index in [1.807, 2.05) is 39.0 Å². The molecule has 0 spiro atoms. The largest absolute Gasteiger partial charge is 0.494 e. The molecule has 1 atom stereocenters. The van der Waals surface area contributed by atoms with Crippen LogP contribution in [0, 0.1) is 5.82 Å². The van der Waals surface area contributed by atoms with Gasteiger partial charge in [0.05, 0.1) is 34.9 Å². The van der Waals surface area contributed by atoms with Crippen LogP contribution < -0.4 is 15.6 Å². The Balaban J connectivity index is 1.85. The first-order chi connectivity index (χ1) is 18.0. The average molecular weight is 503 g/mol. The molecule has 0 saturated carbocycles. The third kappa shape index (κ3) is 5.48. The van der Waals surface area contributed by atoms with Crippen LogP contribution in [0.5, 0.6) is 5.75 Å². The highest BCUT2D eigenvalue weighted by molar-refractivity contribution is 5.89. The van der Waals surface area contributed by atoms with E-state index in [1.54, 1.807) is 51.9 Å². The third-order valence-electron chi connectivity index (χ3n) is 6.11. The number of benzene rings is 3. The molecule has 8 heteroatoms. The molecule has 0 bridgehead atoms. The topological polar surface area (TPSA) is 76.5 Å². The van der Waals surface area contributed by atoms with E-state index < -0.39 is 17.9 Å². The minimum absolute atomic E-state index is 0.0961. The molecule has 1 unspecified atom stereocenters. The highest BCUT2D eigenvalue weighted by atomic mass is 19.1. The number of fused-ring (bicyclic) bond motifs is 1. The summed E-state index contributed by atoms with van der Waals surface area (Å²) in [4.78, 5) is 33.8. The molecule has 0 aliphatic heterocycles. The molecule has 1 N–H and O–H groups in total. The lowest BCUT2D eigenvalue weighted by Crippen LogP contribution is -2.41. The molecular weight excluding hydrogens is 471 g/mol. The number of halogens is 1. The lowest BCUT2D eigenvalue weighted by molar-refractivity contribution is 0.181. The Hall–Kier alpha value is -4.20. The molecule has 0 fully saturated rings. The van der Waals surface area contributed by atoms with Gasteiger partial charge in [0, 0.05) is 6.54 Å². The Morgan fingerprint density at radius 1 is 1.03 bits per heavy atom. The molecule has 1 aromatic heterocycles. The van der Waals surface area contributed by atoms with Gasteiger partial charge in [0.1, 0.15) is 17.4 Å². The van der Waals surface area contributed by atoms with Crippen molar-refractivity contribution in [3.8, 4) is 11.4 Å². The van der Waals surface area contributed by atoms with Crippen molar-refractivity contribution in [2.75, 3.05) is 18.5 Å². The molecule has 4 rings (SSSR count). The van der Waals surface area contributed by atoms with Gasteiger partial charge in [0.2, 0.25) is 0 Å². The van der Waals surface area contributed by atoms with Crippen molar-refractivity contribution in [2.45, 2.75) is 39.7 Å². The summed E-state index contributed by atoms with van der Waals surface area (Å²) in [6.45, 7) is 6.73. The maximum atomic E-state index is 14.3. The van der Waals surface area contributed by atoms with Crippen LogP contribution >= 0.6 is 0 Å². The van der Waals surface area contributed by atoms with Crippen LogP contribution in [0.25, 0.3) is 16.6 Å². The van der Waals surface area contributed by atoms with Crippen LogP contribution in [0.15, 0.2) is 77.6 Å². The van der Waals surface area contributed by atoms with Gasteiger partial charge < -0.3 is 15.0 Å². The van der Waals surface area contributed by atoms with Gasteiger partial charge in [-0.15, -0.1) is 0 Å². The molecule has 0 aliphatic carbocycles. The second-order valence-corrected chi connectivity index (χ2v) is 8.58. The molecule has 7 nitrogen and oxygen atoms in total. The van der Waals surface area contributed by atoms with Gasteiger partial charge in [-0.3, -0.25) is 9.36 Å². The molecule has 0 saturated heterocycles. The predicted octanol–water partition coefficient (Wildman–Crippen LogP) is 6.32. The number of anilines is 1. The van der Waals surface area contributed by atoms with Gasteiger partial charge in [-0.25, -0.2) is 14.2 Å². The standard InChI is InChI=1S/C29H31FN4O3/c1-4-19-33(29(36)32-25-14-10-8-12-23(25)30)26(5-2)27-31-24-13-9-7-11-22(24)28(35)34(27)20-15-17-21(18-16-20)37-6-3/h7-18,26H,4-6,19H2,1-3H3,(H,32,36). The summed E-state index contributed by atoms with van der Waals surface area (Å²) in [6, 6.07) is 19.4. The first kappa shape index (κ1) is 25.9. The lowest BCUT2D eigenvalue weighted by atomic mass is 10.1. The summed E-state index contributed by atoms with van der Waals surface area (Å²) in [7, 11) is 0. The number of urea groups is 1. The van der Waals surface area contributed by atoms with E-state index in [4.69, 9.17) is 9.72 Å². The Morgan fingerprint density at radius 2 is 1.73 bits per heavy atom. The number of amides is 2. The van der Waals surface area contributed by atoms with E-state index in [9.17, 15) is 14.0 Å². The zero-order valence-electron chi connectivity index (χ0n) is 21.3. The zero-order valence-corrected chi connectivity index (χ0v) is 21.3. The van der Waals surface area contributed by atoms with Crippen LogP contribution in [-0.4, -0.2) is 33.6 Å². The fourth-order valence-corrected chi connectivity index (χ4v) is 4.41. The maximum absolute atomic E-state index is 14.3. The second-order valence-electron chi connectivity index (χ2n) is 8.58. The first-order valence-electron chi connectivity index (χ1n) is 12.6. The van der Waals surface area contributed by atoms with Gasteiger partial charge >= 0.3 is 6.03 Å². The molecule has 0 radical (unpaired) electrons. The molecule has 192 valence electrons. The van der Waals surface area contributed by atoms with Crippen LogP contribution in [0.3, 0.4) is 0 Å². The van der Waals surface area contributed by atoms with E-state index in [-0.39, 0.29) is 11.2 Å². The van der Waals surface area contributed by atoms with E-state index >= 15 is 0 Å². The number of rotatable bonds is 9. The van der Waals surface area contributed by atoms with Crippen LogP contribution in [-0.2, 0) is 0 Å². The molecule has 1 heterocycles. The fourth-order valence-electron chi connectivity index (χ4n) is 4.41. The van der Waals surface area contributed by atoms with E-state index in [0.717, 1.165) is 0 Å². The number of hydrogen-bond donors (Lipinski definition) is 1.